The third-order valence-electron chi connectivity index (χ3n) is 3.48. The highest BCUT2D eigenvalue weighted by Crippen LogP contribution is 2.21. The Balaban J connectivity index is 2.00. The monoisotopic (exact) mass is 262 g/mol. The lowest BCUT2D eigenvalue weighted by molar-refractivity contribution is 0.283. The Morgan fingerprint density at radius 1 is 1.05 bits per heavy atom. The predicted octanol–water partition coefficient (Wildman–Crippen LogP) is 3.05. The van der Waals surface area contributed by atoms with Gasteiger partial charge in [0.15, 0.2) is 0 Å². The number of aromatic nitrogens is 1. The highest BCUT2D eigenvalue weighted by molar-refractivity contribution is 5.83. The molecule has 0 fully saturated rings. The molecule has 1 aromatic heterocycles. The van der Waals surface area contributed by atoms with E-state index in [4.69, 9.17) is 5.26 Å². The Hall–Kier alpha value is -2.57. The smallest absolute Gasteiger partial charge is 0.0991 e. The molecule has 3 rings (SSSR count). The van der Waals surface area contributed by atoms with E-state index in [0.29, 0.717) is 5.56 Å². The Kier molecular flexibility index (Phi) is 3.24. The summed E-state index contributed by atoms with van der Waals surface area (Å²) in [5, 5.41) is 19.4. The van der Waals surface area contributed by atoms with Crippen LogP contribution in [0.3, 0.4) is 0 Å². The first-order valence-corrected chi connectivity index (χ1v) is 6.48. The molecule has 20 heavy (non-hydrogen) atoms. The number of fused-ring (bicyclic) bond motifs is 1. The molecule has 0 spiro atoms. The van der Waals surface area contributed by atoms with E-state index in [1.54, 1.807) is 0 Å². The number of hydrogen-bond donors (Lipinski definition) is 1. The third-order valence-corrected chi connectivity index (χ3v) is 3.48. The van der Waals surface area contributed by atoms with Crippen molar-refractivity contribution in [3.8, 4) is 6.07 Å². The molecular formula is C17H14N2O. The van der Waals surface area contributed by atoms with Crippen LogP contribution in [-0.4, -0.2) is 9.67 Å². The number of hydrogen-bond acceptors (Lipinski definition) is 2. The van der Waals surface area contributed by atoms with Crippen LogP contribution in [0.2, 0.25) is 0 Å². The highest BCUT2D eigenvalue weighted by atomic mass is 16.3. The second kappa shape index (κ2) is 5.20. The van der Waals surface area contributed by atoms with Crippen molar-refractivity contribution >= 4 is 10.9 Å². The first-order valence-electron chi connectivity index (χ1n) is 6.48. The summed E-state index contributed by atoms with van der Waals surface area (Å²) < 4.78 is 2.13. The van der Waals surface area contributed by atoms with Crippen LogP contribution in [0.4, 0.5) is 0 Å². The van der Waals surface area contributed by atoms with E-state index in [-0.39, 0.29) is 6.61 Å². The number of nitrogens with zero attached hydrogens (tertiary/aromatic N) is 2. The molecule has 3 aromatic rings. The minimum Gasteiger partial charge on any atom is -0.392 e. The van der Waals surface area contributed by atoms with Crippen LogP contribution in [-0.2, 0) is 13.2 Å². The average Bonchev–Trinajstić information content (AvgIpc) is 2.91. The number of para-hydroxylation sites is 1. The van der Waals surface area contributed by atoms with Gasteiger partial charge in [-0.2, -0.15) is 5.26 Å². The van der Waals surface area contributed by atoms with Crippen LogP contribution >= 0.6 is 0 Å². The first-order chi connectivity index (χ1) is 9.81. The van der Waals surface area contributed by atoms with Crippen molar-refractivity contribution in [2.45, 2.75) is 13.2 Å². The lowest BCUT2D eigenvalue weighted by Gasteiger charge is -2.09. The van der Waals surface area contributed by atoms with Gasteiger partial charge in [0.2, 0.25) is 0 Å². The van der Waals surface area contributed by atoms with Gasteiger partial charge >= 0.3 is 0 Å². The summed E-state index contributed by atoms with van der Waals surface area (Å²) in [5.41, 5.74) is 3.80. The second-order valence-electron chi connectivity index (χ2n) is 4.77. The molecule has 0 saturated heterocycles. The normalized spacial score (nSPS) is 10.6. The van der Waals surface area contributed by atoms with Crippen LogP contribution in [0.1, 0.15) is 16.7 Å². The Morgan fingerprint density at radius 3 is 2.55 bits per heavy atom. The molecule has 0 amide bonds. The molecule has 98 valence electrons. The van der Waals surface area contributed by atoms with Crippen molar-refractivity contribution in [3.05, 3.63) is 71.4 Å². The quantitative estimate of drug-likeness (QED) is 0.788. The minimum absolute atomic E-state index is 0.0364. The van der Waals surface area contributed by atoms with E-state index in [1.165, 1.54) is 0 Å². The lowest BCUT2D eigenvalue weighted by Crippen LogP contribution is -2.00. The van der Waals surface area contributed by atoms with Crippen LogP contribution < -0.4 is 0 Å². The van der Waals surface area contributed by atoms with E-state index in [2.05, 4.69) is 16.7 Å². The topological polar surface area (TPSA) is 49.0 Å². The number of nitriles is 1. The van der Waals surface area contributed by atoms with Crippen molar-refractivity contribution in [1.82, 2.24) is 4.57 Å². The zero-order valence-corrected chi connectivity index (χ0v) is 11.0. The molecule has 0 atom stereocenters. The molecule has 0 aliphatic carbocycles. The van der Waals surface area contributed by atoms with Gasteiger partial charge in [0, 0.05) is 18.3 Å². The maximum Gasteiger partial charge on any atom is 0.0991 e. The summed E-state index contributed by atoms with van der Waals surface area (Å²) in [7, 11) is 0. The number of aliphatic hydroxyl groups is 1. The van der Waals surface area contributed by atoms with Crippen LogP contribution in [0, 0.1) is 11.3 Å². The fourth-order valence-electron chi connectivity index (χ4n) is 2.48. The number of rotatable bonds is 3. The van der Waals surface area contributed by atoms with Crippen molar-refractivity contribution < 1.29 is 5.11 Å². The van der Waals surface area contributed by atoms with Gasteiger partial charge in [-0.15, -0.1) is 0 Å². The maximum atomic E-state index is 9.46. The molecule has 3 nitrogen and oxygen atoms in total. The first kappa shape index (κ1) is 12.5. The fraction of sp³-hybridized carbons (Fsp3) is 0.118. The molecule has 1 heterocycles. The van der Waals surface area contributed by atoms with Gasteiger partial charge in [-0.25, -0.2) is 0 Å². The molecule has 3 heteroatoms. The van der Waals surface area contributed by atoms with Crippen molar-refractivity contribution in [2.24, 2.45) is 0 Å². The van der Waals surface area contributed by atoms with Crippen molar-refractivity contribution in [1.29, 1.82) is 5.26 Å². The molecule has 1 N–H and O–H groups in total. The lowest BCUT2D eigenvalue weighted by atomic mass is 10.1. The summed E-state index contributed by atoms with van der Waals surface area (Å²) in [6, 6.07) is 17.7. The van der Waals surface area contributed by atoms with Crippen LogP contribution in [0.5, 0.6) is 0 Å². The standard InChI is InChI=1S/C17H14N2O/c18-10-13-4-6-14(7-5-13)11-19-9-8-15-2-1-3-16(12-20)17(15)19/h1-9,20H,11-12H2. The van der Waals surface area contributed by atoms with Gasteiger partial charge in [0.05, 0.1) is 23.8 Å². The summed E-state index contributed by atoms with van der Waals surface area (Å²) in [4.78, 5) is 0. The SMILES string of the molecule is N#Cc1ccc(Cn2ccc3cccc(CO)c32)cc1. The van der Waals surface area contributed by atoms with Crippen LogP contribution in [0.15, 0.2) is 54.7 Å². The Bertz CT molecular complexity index is 779. The van der Waals surface area contributed by atoms with Crippen molar-refractivity contribution in [3.63, 3.8) is 0 Å². The van der Waals surface area contributed by atoms with E-state index >= 15 is 0 Å². The van der Waals surface area contributed by atoms with E-state index in [9.17, 15) is 5.11 Å². The van der Waals surface area contributed by atoms with Gasteiger partial charge in [-0.3, -0.25) is 0 Å². The predicted molar refractivity (Wildman–Crippen MR) is 78.1 cm³/mol. The second-order valence-corrected chi connectivity index (χ2v) is 4.77. The summed E-state index contributed by atoms with van der Waals surface area (Å²) in [6.07, 6.45) is 2.03. The van der Waals surface area contributed by atoms with Crippen LogP contribution in [0.25, 0.3) is 10.9 Å². The zero-order valence-electron chi connectivity index (χ0n) is 11.0. The van der Waals surface area contributed by atoms with E-state index in [1.807, 2.05) is 48.7 Å². The maximum absolute atomic E-state index is 9.46. The summed E-state index contributed by atoms with van der Waals surface area (Å²) in [5.74, 6) is 0. The van der Waals surface area contributed by atoms with E-state index in [0.717, 1.165) is 28.6 Å². The molecule has 0 saturated carbocycles. The van der Waals surface area contributed by atoms with E-state index < -0.39 is 0 Å². The Labute approximate surface area is 117 Å². The molecule has 0 unspecified atom stereocenters. The fourth-order valence-corrected chi connectivity index (χ4v) is 2.48. The average molecular weight is 262 g/mol. The number of benzene rings is 2. The van der Waals surface area contributed by atoms with Gasteiger partial charge in [-0.1, -0.05) is 30.3 Å². The molecule has 2 aromatic carbocycles. The van der Waals surface area contributed by atoms with Gasteiger partial charge in [0.25, 0.3) is 0 Å². The largest absolute Gasteiger partial charge is 0.392 e. The molecule has 0 aliphatic heterocycles. The minimum atomic E-state index is 0.0364. The zero-order chi connectivity index (χ0) is 13.9. The Morgan fingerprint density at radius 2 is 1.85 bits per heavy atom. The molecule has 0 aliphatic rings. The van der Waals surface area contributed by atoms with Gasteiger partial charge < -0.3 is 9.67 Å². The third kappa shape index (κ3) is 2.18. The molecular weight excluding hydrogens is 248 g/mol. The molecule has 0 radical (unpaired) electrons. The van der Waals surface area contributed by atoms with Crippen molar-refractivity contribution in [2.75, 3.05) is 0 Å². The van der Waals surface area contributed by atoms with Gasteiger partial charge in [0.1, 0.15) is 0 Å². The highest BCUT2D eigenvalue weighted by Gasteiger charge is 2.06. The summed E-state index contributed by atoms with van der Waals surface area (Å²) in [6.45, 7) is 0.765. The summed E-state index contributed by atoms with van der Waals surface area (Å²) >= 11 is 0. The van der Waals surface area contributed by atoms with Gasteiger partial charge in [-0.05, 0) is 29.1 Å². The molecule has 0 bridgehead atoms. The number of aliphatic hydroxyl groups excluding tert-OH is 1.